The predicted molar refractivity (Wildman–Crippen MR) is 122 cm³/mol. The zero-order valence-corrected chi connectivity index (χ0v) is 18.6. The molecule has 150 valence electrons. The van der Waals surface area contributed by atoms with Gasteiger partial charge in [-0.15, -0.1) is 11.3 Å². The van der Waals surface area contributed by atoms with Crippen molar-refractivity contribution in [2.24, 2.45) is 0 Å². The number of halogens is 2. The molecule has 0 radical (unpaired) electrons. The van der Waals surface area contributed by atoms with Crippen LogP contribution in [0.5, 0.6) is 5.75 Å². The van der Waals surface area contributed by atoms with Gasteiger partial charge in [0.05, 0.1) is 10.0 Å². The Labute approximate surface area is 187 Å². The summed E-state index contributed by atoms with van der Waals surface area (Å²) in [6.45, 7) is 1.99. The first-order valence-corrected chi connectivity index (χ1v) is 11.9. The lowest BCUT2D eigenvalue weighted by Gasteiger charge is -2.25. The second-order valence-corrected chi connectivity index (χ2v) is 9.40. The zero-order chi connectivity index (χ0) is 20.2. The summed E-state index contributed by atoms with van der Waals surface area (Å²) >= 11 is 15.3. The molecule has 2 aromatic carbocycles. The van der Waals surface area contributed by atoms with Crippen LogP contribution in [0.15, 0.2) is 47.8 Å². The Balaban J connectivity index is 1.39. The van der Waals surface area contributed by atoms with Crippen LogP contribution in [0, 0.1) is 0 Å². The van der Waals surface area contributed by atoms with Crippen molar-refractivity contribution in [1.82, 2.24) is 9.88 Å². The quantitative estimate of drug-likeness (QED) is 0.472. The minimum Gasteiger partial charge on any atom is -0.489 e. The van der Waals surface area contributed by atoms with E-state index in [9.17, 15) is 4.79 Å². The van der Waals surface area contributed by atoms with E-state index in [-0.39, 0.29) is 5.91 Å². The molecular formula is C21H18Cl2N2O2S2. The summed E-state index contributed by atoms with van der Waals surface area (Å²) in [5, 5.41) is 3.71. The molecule has 3 aromatic rings. The van der Waals surface area contributed by atoms with Gasteiger partial charge in [0.2, 0.25) is 0 Å². The monoisotopic (exact) mass is 464 g/mol. The molecule has 0 atom stereocenters. The van der Waals surface area contributed by atoms with Crippen LogP contribution in [0.2, 0.25) is 10.0 Å². The Hall–Kier alpha value is -1.73. The Bertz CT molecular complexity index is 1000. The number of amides is 1. The molecule has 2 heterocycles. The molecule has 1 aliphatic rings. The zero-order valence-electron chi connectivity index (χ0n) is 15.4. The third-order valence-electron chi connectivity index (χ3n) is 4.51. The van der Waals surface area contributed by atoms with Crippen molar-refractivity contribution in [1.29, 1.82) is 0 Å². The van der Waals surface area contributed by atoms with Crippen LogP contribution in [-0.4, -0.2) is 40.4 Å². The number of carbonyl (C=O) groups is 1. The first-order chi connectivity index (χ1) is 14.1. The number of thioether (sulfide) groups is 1. The smallest absolute Gasteiger partial charge is 0.273 e. The first-order valence-electron chi connectivity index (χ1n) is 9.10. The van der Waals surface area contributed by atoms with Gasteiger partial charge in [-0.1, -0.05) is 29.3 Å². The van der Waals surface area contributed by atoms with Crippen LogP contribution in [0.25, 0.3) is 10.6 Å². The van der Waals surface area contributed by atoms with Crippen molar-refractivity contribution in [3.63, 3.8) is 0 Å². The summed E-state index contributed by atoms with van der Waals surface area (Å²) < 4.78 is 5.82. The average molecular weight is 465 g/mol. The number of hydrogen-bond donors (Lipinski definition) is 0. The molecule has 4 nitrogen and oxygen atoms in total. The molecule has 0 bridgehead atoms. The van der Waals surface area contributed by atoms with Crippen LogP contribution in [-0.2, 0) is 6.61 Å². The van der Waals surface area contributed by atoms with Gasteiger partial charge in [-0.25, -0.2) is 4.98 Å². The van der Waals surface area contributed by atoms with Crippen molar-refractivity contribution in [2.75, 3.05) is 24.6 Å². The van der Waals surface area contributed by atoms with Gasteiger partial charge >= 0.3 is 0 Å². The summed E-state index contributed by atoms with van der Waals surface area (Å²) in [7, 11) is 0. The predicted octanol–water partition coefficient (Wildman–Crippen LogP) is 5.88. The molecular weight excluding hydrogens is 447 g/mol. The van der Waals surface area contributed by atoms with E-state index in [1.807, 2.05) is 52.4 Å². The molecule has 8 heteroatoms. The summed E-state index contributed by atoms with van der Waals surface area (Å²) in [6.07, 6.45) is 0. The largest absolute Gasteiger partial charge is 0.489 e. The van der Waals surface area contributed by atoms with E-state index >= 15 is 0 Å². The van der Waals surface area contributed by atoms with Crippen molar-refractivity contribution < 1.29 is 9.53 Å². The normalized spacial score (nSPS) is 14.1. The van der Waals surface area contributed by atoms with E-state index < -0.39 is 0 Å². The lowest BCUT2D eigenvalue weighted by atomic mass is 10.2. The summed E-state index contributed by atoms with van der Waals surface area (Å²) in [4.78, 5) is 19.0. The Morgan fingerprint density at radius 3 is 2.55 bits per heavy atom. The van der Waals surface area contributed by atoms with Crippen molar-refractivity contribution in [2.45, 2.75) is 6.61 Å². The highest BCUT2D eigenvalue weighted by Gasteiger charge is 2.21. The number of rotatable bonds is 5. The van der Waals surface area contributed by atoms with E-state index in [4.69, 9.17) is 27.9 Å². The van der Waals surface area contributed by atoms with E-state index in [1.165, 1.54) is 11.3 Å². The fourth-order valence-corrected chi connectivity index (χ4v) is 4.95. The lowest BCUT2D eigenvalue weighted by Crippen LogP contribution is -2.38. The van der Waals surface area contributed by atoms with Gasteiger partial charge in [0.1, 0.15) is 23.1 Å². The SMILES string of the molecule is O=C(c1csc(-c2ccc(OCc3ccc(Cl)c(Cl)c3)cc2)n1)N1CCSCC1. The fraction of sp³-hybridized carbons (Fsp3) is 0.238. The molecule has 0 N–H and O–H groups in total. The number of hydrogen-bond acceptors (Lipinski definition) is 5. The minimum atomic E-state index is 0.0226. The molecule has 29 heavy (non-hydrogen) atoms. The molecule has 4 rings (SSSR count). The average Bonchev–Trinajstić information content (AvgIpc) is 3.25. The van der Waals surface area contributed by atoms with E-state index in [0.717, 1.165) is 46.5 Å². The lowest BCUT2D eigenvalue weighted by molar-refractivity contribution is 0.0767. The van der Waals surface area contributed by atoms with Gasteiger partial charge in [-0.2, -0.15) is 11.8 Å². The fourth-order valence-electron chi connectivity index (χ4n) is 2.92. The molecule has 0 unspecified atom stereocenters. The molecule has 1 saturated heterocycles. The minimum absolute atomic E-state index is 0.0226. The van der Waals surface area contributed by atoms with Crippen LogP contribution < -0.4 is 4.74 Å². The summed E-state index contributed by atoms with van der Waals surface area (Å²) in [6, 6.07) is 13.2. The molecule has 1 fully saturated rings. The van der Waals surface area contributed by atoms with Gasteiger partial charge in [0.15, 0.2) is 0 Å². The summed E-state index contributed by atoms with van der Waals surface area (Å²) in [5.74, 6) is 2.76. The third-order valence-corrected chi connectivity index (χ3v) is 7.09. The van der Waals surface area contributed by atoms with Crippen molar-refractivity contribution >= 4 is 52.2 Å². The number of aromatic nitrogens is 1. The highest BCUT2D eigenvalue weighted by atomic mass is 35.5. The maximum absolute atomic E-state index is 12.6. The van der Waals surface area contributed by atoms with Crippen molar-refractivity contribution in [3.8, 4) is 16.3 Å². The number of ether oxygens (including phenoxy) is 1. The number of benzene rings is 2. The Morgan fingerprint density at radius 2 is 1.83 bits per heavy atom. The first kappa shape index (κ1) is 20.5. The van der Waals surface area contributed by atoms with Crippen LogP contribution >= 0.6 is 46.3 Å². The second kappa shape index (κ2) is 9.39. The van der Waals surface area contributed by atoms with Crippen LogP contribution in [0.4, 0.5) is 0 Å². The van der Waals surface area contributed by atoms with Gasteiger partial charge in [0.25, 0.3) is 5.91 Å². The standard InChI is InChI=1S/C21H18Cl2N2O2S2/c22-17-6-1-14(11-18(17)23)12-27-16-4-2-15(3-5-16)20-24-19(13-29-20)21(26)25-7-9-28-10-8-25/h1-6,11,13H,7-10,12H2. The van der Waals surface area contributed by atoms with Gasteiger partial charge < -0.3 is 9.64 Å². The number of thiazole rings is 1. The van der Waals surface area contributed by atoms with Gasteiger partial charge in [-0.05, 0) is 42.0 Å². The molecule has 1 aromatic heterocycles. The number of nitrogens with zero attached hydrogens (tertiary/aromatic N) is 2. The Kier molecular flexibility index (Phi) is 6.65. The highest BCUT2D eigenvalue weighted by molar-refractivity contribution is 7.99. The maximum Gasteiger partial charge on any atom is 0.273 e. The number of carbonyl (C=O) groups excluding carboxylic acids is 1. The Morgan fingerprint density at radius 1 is 1.07 bits per heavy atom. The molecule has 0 spiro atoms. The molecule has 0 aliphatic carbocycles. The topological polar surface area (TPSA) is 42.4 Å². The molecule has 0 saturated carbocycles. The highest BCUT2D eigenvalue weighted by Crippen LogP contribution is 2.27. The van der Waals surface area contributed by atoms with Crippen molar-refractivity contribution in [3.05, 3.63) is 69.1 Å². The molecule has 1 amide bonds. The van der Waals surface area contributed by atoms with Crippen LogP contribution in [0.1, 0.15) is 16.1 Å². The van der Waals surface area contributed by atoms with E-state index in [1.54, 1.807) is 12.1 Å². The summed E-state index contributed by atoms with van der Waals surface area (Å²) in [5.41, 5.74) is 2.43. The molecule has 1 aliphatic heterocycles. The van der Waals surface area contributed by atoms with E-state index in [0.29, 0.717) is 22.3 Å². The maximum atomic E-state index is 12.6. The van der Waals surface area contributed by atoms with Gasteiger partial charge in [-0.3, -0.25) is 4.79 Å². The van der Waals surface area contributed by atoms with Crippen LogP contribution in [0.3, 0.4) is 0 Å². The van der Waals surface area contributed by atoms with Gasteiger partial charge in [0, 0.05) is 35.5 Å². The second-order valence-electron chi connectivity index (χ2n) is 6.50. The van der Waals surface area contributed by atoms with E-state index in [2.05, 4.69) is 4.98 Å². The third kappa shape index (κ3) is 5.07.